The Morgan fingerprint density at radius 1 is 1.50 bits per heavy atom. The van der Waals surface area contributed by atoms with Gasteiger partial charge in [-0.25, -0.2) is 0 Å². The maximum Gasteiger partial charge on any atom is 0.203 e. The third kappa shape index (κ3) is 1.07. The van der Waals surface area contributed by atoms with Gasteiger partial charge in [0.15, 0.2) is 5.76 Å². The molecule has 1 aromatic heterocycles. The van der Waals surface area contributed by atoms with E-state index in [0.29, 0.717) is 5.76 Å². The molecule has 0 radical (unpaired) electrons. The highest BCUT2D eigenvalue weighted by atomic mass is 16.3. The molecule has 1 aliphatic rings. The molecule has 0 amide bonds. The van der Waals surface area contributed by atoms with Gasteiger partial charge in [-0.05, 0) is 31.9 Å². The number of rotatable bonds is 2. The second-order valence-corrected chi connectivity index (χ2v) is 3.80. The third-order valence-electron chi connectivity index (χ3n) is 2.51. The van der Waals surface area contributed by atoms with Crippen LogP contribution in [-0.4, -0.2) is 5.78 Å². The molecule has 2 rings (SSSR count). The Morgan fingerprint density at radius 3 is 2.58 bits per heavy atom. The topological polar surface area (TPSA) is 30.2 Å². The predicted octanol–water partition coefficient (Wildman–Crippen LogP) is 2.57. The number of carbonyl (C=O) groups is 1. The summed E-state index contributed by atoms with van der Waals surface area (Å²) in [4.78, 5) is 11.6. The van der Waals surface area contributed by atoms with Crippen molar-refractivity contribution in [2.24, 2.45) is 5.41 Å². The molecule has 64 valence electrons. The molecular weight excluding hydrogens is 152 g/mol. The molecule has 0 unspecified atom stereocenters. The van der Waals surface area contributed by atoms with Crippen molar-refractivity contribution in [2.45, 2.75) is 26.7 Å². The fraction of sp³-hybridized carbons (Fsp3) is 0.500. The van der Waals surface area contributed by atoms with Crippen LogP contribution in [0.3, 0.4) is 0 Å². The van der Waals surface area contributed by atoms with Gasteiger partial charge < -0.3 is 4.42 Å². The van der Waals surface area contributed by atoms with Crippen LogP contribution in [0.5, 0.6) is 0 Å². The normalized spacial score (nSPS) is 19.2. The van der Waals surface area contributed by atoms with Crippen molar-refractivity contribution < 1.29 is 9.21 Å². The van der Waals surface area contributed by atoms with Gasteiger partial charge >= 0.3 is 0 Å². The lowest BCUT2D eigenvalue weighted by atomic mass is 10.0. The van der Waals surface area contributed by atoms with Crippen LogP contribution in [-0.2, 0) is 0 Å². The molecular formula is C10H12O2. The predicted molar refractivity (Wildman–Crippen MR) is 45.1 cm³/mol. The molecule has 12 heavy (non-hydrogen) atoms. The lowest BCUT2D eigenvalue weighted by Crippen LogP contribution is -2.10. The Balaban J connectivity index is 2.25. The Morgan fingerprint density at radius 2 is 2.17 bits per heavy atom. The van der Waals surface area contributed by atoms with Gasteiger partial charge in [-0.15, -0.1) is 0 Å². The molecule has 0 spiro atoms. The van der Waals surface area contributed by atoms with Crippen LogP contribution in [0.25, 0.3) is 0 Å². The maximum absolute atomic E-state index is 11.6. The smallest absolute Gasteiger partial charge is 0.203 e. The van der Waals surface area contributed by atoms with E-state index in [2.05, 4.69) is 0 Å². The summed E-state index contributed by atoms with van der Waals surface area (Å²) < 4.78 is 5.26. The average molecular weight is 164 g/mol. The van der Waals surface area contributed by atoms with E-state index < -0.39 is 0 Å². The first-order chi connectivity index (χ1) is 5.62. The third-order valence-corrected chi connectivity index (χ3v) is 2.51. The summed E-state index contributed by atoms with van der Waals surface area (Å²) in [5, 5.41) is 0. The van der Waals surface area contributed by atoms with Crippen LogP contribution >= 0.6 is 0 Å². The molecule has 1 heterocycles. The second-order valence-electron chi connectivity index (χ2n) is 3.80. The van der Waals surface area contributed by atoms with Crippen molar-refractivity contribution in [3.05, 3.63) is 23.7 Å². The molecule has 0 aliphatic heterocycles. The van der Waals surface area contributed by atoms with E-state index in [0.717, 1.165) is 18.6 Å². The number of furan rings is 1. The number of hydrogen-bond acceptors (Lipinski definition) is 2. The first-order valence-electron chi connectivity index (χ1n) is 4.23. The second kappa shape index (κ2) is 2.22. The molecule has 1 aliphatic carbocycles. The van der Waals surface area contributed by atoms with Crippen LogP contribution in [0.4, 0.5) is 0 Å². The van der Waals surface area contributed by atoms with Gasteiger partial charge in [0.05, 0.1) is 0 Å². The van der Waals surface area contributed by atoms with E-state index in [1.54, 1.807) is 6.07 Å². The van der Waals surface area contributed by atoms with Gasteiger partial charge in [-0.3, -0.25) is 4.79 Å². The lowest BCUT2D eigenvalue weighted by molar-refractivity contribution is 0.0882. The van der Waals surface area contributed by atoms with E-state index >= 15 is 0 Å². The number of ketones is 1. The van der Waals surface area contributed by atoms with E-state index in [1.807, 2.05) is 19.9 Å². The SMILES string of the molecule is Cc1ccc(C(=O)C2(C)CC2)o1. The zero-order valence-corrected chi connectivity index (χ0v) is 7.39. The summed E-state index contributed by atoms with van der Waals surface area (Å²) in [6.45, 7) is 3.85. The van der Waals surface area contributed by atoms with Crippen LogP contribution in [0.2, 0.25) is 0 Å². The number of Topliss-reactive ketones (excluding diaryl/α,β-unsaturated/α-hetero) is 1. The quantitative estimate of drug-likeness (QED) is 0.629. The molecule has 2 nitrogen and oxygen atoms in total. The minimum atomic E-state index is -0.107. The van der Waals surface area contributed by atoms with Gasteiger partial charge in [0.25, 0.3) is 0 Å². The molecule has 1 aromatic rings. The van der Waals surface area contributed by atoms with Crippen LogP contribution in [0.1, 0.15) is 36.1 Å². The van der Waals surface area contributed by atoms with Crippen molar-refractivity contribution in [3.8, 4) is 0 Å². The highest BCUT2D eigenvalue weighted by molar-refractivity contribution is 5.99. The monoisotopic (exact) mass is 164 g/mol. The molecule has 0 atom stereocenters. The average Bonchev–Trinajstić information content (AvgIpc) is 2.62. The summed E-state index contributed by atoms with van der Waals surface area (Å²) in [5.74, 6) is 1.49. The Kier molecular flexibility index (Phi) is 1.40. The highest BCUT2D eigenvalue weighted by Gasteiger charge is 2.46. The largest absolute Gasteiger partial charge is 0.458 e. The van der Waals surface area contributed by atoms with Crippen LogP contribution < -0.4 is 0 Å². The minimum Gasteiger partial charge on any atom is -0.458 e. The number of aryl methyl sites for hydroxylation is 1. The van der Waals surface area contributed by atoms with Crippen molar-refractivity contribution in [3.63, 3.8) is 0 Å². The highest BCUT2D eigenvalue weighted by Crippen LogP contribution is 2.47. The first kappa shape index (κ1) is 7.59. The fourth-order valence-corrected chi connectivity index (χ4v) is 1.27. The van der Waals surface area contributed by atoms with E-state index in [4.69, 9.17) is 4.42 Å². The maximum atomic E-state index is 11.6. The molecule has 0 aromatic carbocycles. The lowest BCUT2D eigenvalue weighted by Gasteiger charge is -2.02. The molecule has 0 saturated heterocycles. The Labute approximate surface area is 71.6 Å². The van der Waals surface area contributed by atoms with Gasteiger partial charge in [0.2, 0.25) is 5.78 Å². The van der Waals surface area contributed by atoms with Crippen molar-refractivity contribution in [2.75, 3.05) is 0 Å². The van der Waals surface area contributed by atoms with E-state index in [-0.39, 0.29) is 11.2 Å². The van der Waals surface area contributed by atoms with E-state index in [9.17, 15) is 4.79 Å². The summed E-state index contributed by atoms with van der Waals surface area (Å²) in [6, 6.07) is 3.60. The number of hydrogen-bond donors (Lipinski definition) is 0. The minimum absolute atomic E-state index is 0.107. The standard InChI is InChI=1S/C10H12O2/c1-7-3-4-8(12-7)9(11)10(2)5-6-10/h3-4H,5-6H2,1-2H3. The van der Waals surface area contributed by atoms with Crippen molar-refractivity contribution in [1.82, 2.24) is 0 Å². The summed E-state index contributed by atoms with van der Waals surface area (Å²) in [6.07, 6.45) is 2.01. The zero-order valence-electron chi connectivity index (χ0n) is 7.39. The zero-order chi connectivity index (χ0) is 8.77. The molecule has 0 N–H and O–H groups in total. The van der Waals surface area contributed by atoms with Gasteiger partial charge in [0.1, 0.15) is 5.76 Å². The fourth-order valence-electron chi connectivity index (χ4n) is 1.27. The molecule has 1 saturated carbocycles. The summed E-state index contributed by atoms with van der Waals surface area (Å²) in [5.41, 5.74) is -0.107. The van der Waals surface area contributed by atoms with Crippen LogP contribution in [0, 0.1) is 12.3 Å². The van der Waals surface area contributed by atoms with Crippen molar-refractivity contribution in [1.29, 1.82) is 0 Å². The van der Waals surface area contributed by atoms with E-state index in [1.165, 1.54) is 0 Å². The number of carbonyl (C=O) groups excluding carboxylic acids is 1. The Hall–Kier alpha value is -1.05. The summed E-state index contributed by atoms with van der Waals surface area (Å²) in [7, 11) is 0. The molecule has 0 bridgehead atoms. The molecule has 2 heteroatoms. The Bertz CT molecular complexity index is 318. The first-order valence-corrected chi connectivity index (χ1v) is 4.23. The van der Waals surface area contributed by atoms with Crippen molar-refractivity contribution >= 4 is 5.78 Å². The summed E-state index contributed by atoms with van der Waals surface area (Å²) >= 11 is 0. The van der Waals surface area contributed by atoms with Crippen LogP contribution in [0.15, 0.2) is 16.5 Å². The van der Waals surface area contributed by atoms with Gasteiger partial charge in [-0.1, -0.05) is 6.92 Å². The van der Waals surface area contributed by atoms with Gasteiger partial charge in [-0.2, -0.15) is 0 Å². The van der Waals surface area contributed by atoms with Gasteiger partial charge in [0, 0.05) is 5.41 Å². The molecule has 1 fully saturated rings.